The number of aliphatic hydroxyl groups is 1. The summed E-state index contributed by atoms with van der Waals surface area (Å²) in [5, 5.41) is 21.1. The van der Waals surface area contributed by atoms with Gasteiger partial charge in [-0.3, -0.25) is 14.7 Å². The monoisotopic (exact) mass is 424 g/mol. The number of benzene rings is 3. The second-order valence-electron chi connectivity index (χ2n) is 8.17. The van der Waals surface area contributed by atoms with Gasteiger partial charge in [-0.2, -0.15) is 0 Å². The van der Waals surface area contributed by atoms with E-state index in [1.165, 1.54) is 4.68 Å². The third-order valence-electron chi connectivity index (χ3n) is 6.40. The van der Waals surface area contributed by atoms with Crippen LogP contribution in [0.3, 0.4) is 0 Å². The lowest BCUT2D eigenvalue weighted by Gasteiger charge is -2.34. The van der Waals surface area contributed by atoms with E-state index in [9.17, 15) is 14.7 Å². The minimum absolute atomic E-state index is 0.243. The van der Waals surface area contributed by atoms with Crippen molar-refractivity contribution in [3.8, 4) is 5.69 Å². The molecular weight excluding hydrogens is 404 g/mol. The van der Waals surface area contributed by atoms with Gasteiger partial charge in [-0.15, -0.1) is 0 Å². The van der Waals surface area contributed by atoms with Crippen LogP contribution in [0.5, 0.6) is 0 Å². The summed E-state index contributed by atoms with van der Waals surface area (Å²) in [6.07, 6.45) is 0. The highest BCUT2D eigenvalue weighted by atomic mass is 16.3. The molecule has 6 rings (SSSR count). The molecule has 7 nitrogen and oxygen atoms in total. The van der Waals surface area contributed by atoms with Gasteiger partial charge in [0.05, 0.1) is 23.1 Å². The summed E-state index contributed by atoms with van der Waals surface area (Å²) in [6.45, 7) is 0. The van der Waals surface area contributed by atoms with Gasteiger partial charge >= 0.3 is 0 Å². The van der Waals surface area contributed by atoms with Gasteiger partial charge in [-0.25, -0.2) is 4.68 Å². The maximum Gasteiger partial charge on any atom is 0.277 e. The van der Waals surface area contributed by atoms with Crippen molar-refractivity contribution in [3.63, 3.8) is 0 Å². The molecule has 7 heteroatoms. The molecule has 3 aromatic carbocycles. The van der Waals surface area contributed by atoms with Crippen molar-refractivity contribution in [2.24, 2.45) is 0 Å². The molecule has 3 heterocycles. The van der Waals surface area contributed by atoms with E-state index in [-0.39, 0.29) is 11.5 Å². The van der Waals surface area contributed by atoms with E-state index >= 15 is 0 Å². The number of fused-ring (bicyclic) bond motifs is 2. The van der Waals surface area contributed by atoms with Crippen LogP contribution < -0.4 is 16.2 Å². The Kier molecular flexibility index (Phi) is 3.90. The van der Waals surface area contributed by atoms with Gasteiger partial charge in [0.15, 0.2) is 5.72 Å². The molecule has 0 radical (unpaired) electrons. The summed E-state index contributed by atoms with van der Waals surface area (Å²) < 4.78 is 1.44. The van der Waals surface area contributed by atoms with E-state index < -0.39 is 17.6 Å². The van der Waals surface area contributed by atoms with Crippen LogP contribution in [0.1, 0.15) is 28.5 Å². The van der Waals surface area contributed by atoms with Crippen LogP contribution in [0.15, 0.2) is 89.7 Å². The van der Waals surface area contributed by atoms with Crippen molar-refractivity contribution in [1.29, 1.82) is 0 Å². The van der Waals surface area contributed by atoms with Gasteiger partial charge < -0.3 is 15.7 Å². The number of H-pyrrole nitrogens is 1. The normalized spacial score (nSPS) is 23.3. The van der Waals surface area contributed by atoms with Crippen LogP contribution in [0, 0.1) is 0 Å². The Bertz CT molecular complexity index is 1390. The predicted octanol–water partition coefficient (Wildman–Crippen LogP) is 3.26. The van der Waals surface area contributed by atoms with Crippen LogP contribution in [-0.2, 0) is 10.5 Å². The van der Waals surface area contributed by atoms with Crippen LogP contribution >= 0.6 is 0 Å². The molecule has 1 aromatic heterocycles. The van der Waals surface area contributed by atoms with Crippen LogP contribution in [-0.4, -0.2) is 20.8 Å². The highest BCUT2D eigenvalue weighted by Crippen LogP contribution is 2.54. The molecule has 2 aliphatic rings. The fraction of sp³-hybridized carbons (Fsp3) is 0.120. The fourth-order valence-corrected chi connectivity index (χ4v) is 4.99. The Morgan fingerprint density at radius 2 is 1.50 bits per heavy atom. The Labute approximate surface area is 183 Å². The molecule has 0 saturated heterocycles. The number of anilines is 2. The number of nitrogens with one attached hydrogen (secondary N) is 3. The van der Waals surface area contributed by atoms with Crippen molar-refractivity contribution in [1.82, 2.24) is 9.78 Å². The second-order valence-corrected chi connectivity index (χ2v) is 8.17. The SMILES string of the molecule is O=C1Nc2ccccc2C1C1c2c([nH]n(-c3ccccc3)c2=O)NC1(O)c1ccccc1. The van der Waals surface area contributed by atoms with Gasteiger partial charge in [0.2, 0.25) is 5.91 Å². The van der Waals surface area contributed by atoms with E-state index in [1.807, 2.05) is 72.8 Å². The highest BCUT2D eigenvalue weighted by Gasteiger charge is 2.56. The summed E-state index contributed by atoms with van der Waals surface area (Å²) in [7, 11) is 0. The molecule has 4 aromatic rings. The molecule has 0 saturated carbocycles. The first-order chi connectivity index (χ1) is 15.6. The number of aromatic nitrogens is 2. The number of carbonyl (C=O) groups is 1. The zero-order valence-electron chi connectivity index (χ0n) is 16.9. The Hall–Kier alpha value is -4.10. The van der Waals surface area contributed by atoms with Gasteiger partial charge in [0.1, 0.15) is 5.82 Å². The molecule has 1 amide bonds. The average Bonchev–Trinajstić information content (AvgIpc) is 3.42. The van der Waals surface area contributed by atoms with Gasteiger partial charge in [0, 0.05) is 11.3 Å². The van der Waals surface area contributed by atoms with Crippen LogP contribution in [0.4, 0.5) is 11.5 Å². The zero-order chi connectivity index (χ0) is 21.9. The summed E-state index contributed by atoms with van der Waals surface area (Å²) in [5.74, 6) is -1.41. The van der Waals surface area contributed by atoms with E-state index in [0.717, 1.165) is 5.56 Å². The van der Waals surface area contributed by atoms with Crippen molar-refractivity contribution < 1.29 is 9.90 Å². The third-order valence-corrected chi connectivity index (χ3v) is 6.40. The molecule has 158 valence electrons. The van der Waals surface area contributed by atoms with E-state index in [1.54, 1.807) is 12.1 Å². The summed E-state index contributed by atoms with van der Waals surface area (Å²) in [4.78, 5) is 26.8. The molecule has 3 unspecified atom stereocenters. The zero-order valence-corrected chi connectivity index (χ0v) is 16.9. The number of aromatic amines is 1. The number of rotatable bonds is 3. The fourth-order valence-electron chi connectivity index (χ4n) is 4.99. The minimum Gasteiger partial charge on any atom is -0.366 e. The van der Waals surface area contributed by atoms with Gasteiger partial charge in [0.25, 0.3) is 5.56 Å². The quantitative estimate of drug-likeness (QED) is 0.406. The molecule has 0 fully saturated rings. The number of hydrogen-bond donors (Lipinski definition) is 4. The summed E-state index contributed by atoms with van der Waals surface area (Å²) >= 11 is 0. The lowest BCUT2D eigenvalue weighted by Crippen LogP contribution is -2.42. The first kappa shape index (κ1) is 18.7. The topological polar surface area (TPSA) is 99.2 Å². The lowest BCUT2D eigenvalue weighted by atomic mass is 9.76. The standard InChI is InChI=1S/C25H20N4O3/c30-23-19(17-13-7-8-14-18(17)26-23)21-20-22(27-25(21,32)15-9-3-1-4-10-15)28-29(24(20)31)16-11-5-2-6-12-16/h1-14,19,21,27-28,32H,(H,26,30). The Morgan fingerprint density at radius 3 is 2.25 bits per heavy atom. The van der Waals surface area contributed by atoms with E-state index in [4.69, 9.17) is 0 Å². The molecule has 2 aliphatic heterocycles. The molecule has 0 bridgehead atoms. The van der Waals surface area contributed by atoms with Crippen molar-refractivity contribution in [3.05, 3.63) is 112 Å². The number of carbonyl (C=O) groups excluding carboxylic acids is 1. The van der Waals surface area contributed by atoms with Gasteiger partial charge in [-0.05, 0) is 23.8 Å². The smallest absolute Gasteiger partial charge is 0.277 e. The lowest BCUT2D eigenvalue weighted by molar-refractivity contribution is -0.119. The number of amides is 1. The number of para-hydroxylation sites is 2. The summed E-state index contributed by atoms with van der Waals surface area (Å²) in [5.41, 5.74) is 1.13. The third kappa shape index (κ3) is 2.52. The summed E-state index contributed by atoms with van der Waals surface area (Å²) in [6, 6.07) is 25.7. The average molecular weight is 424 g/mol. The molecule has 0 spiro atoms. The first-order valence-corrected chi connectivity index (χ1v) is 10.4. The van der Waals surface area contributed by atoms with Crippen LogP contribution in [0.2, 0.25) is 0 Å². The maximum atomic E-state index is 13.6. The van der Waals surface area contributed by atoms with Crippen LogP contribution in [0.25, 0.3) is 5.69 Å². The molecule has 3 atom stereocenters. The Morgan fingerprint density at radius 1 is 0.844 bits per heavy atom. The van der Waals surface area contributed by atoms with E-state index in [0.29, 0.717) is 28.3 Å². The van der Waals surface area contributed by atoms with E-state index in [2.05, 4.69) is 15.7 Å². The Balaban J connectivity index is 1.58. The molecule has 0 aliphatic carbocycles. The highest BCUT2D eigenvalue weighted by molar-refractivity contribution is 6.04. The maximum absolute atomic E-state index is 13.6. The molecular formula is C25H20N4O3. The number of nitrogens with zero attached hydrogens (tertiary/aromatic N) is 1. The second kappa shape index (κ2) is 6.70. The number of hydrogen-bond acceptors (Lipinski definition) is 4. The van der Waals surface area contributed by atoms with Crippen molar-refractivity contribution in [2.75, 3.05) is 10.6 Å². The van der Waals surface area contributed by atoms with Crippen molar-refractivity contribution in [2.45, 2.75) is 17.6 Å². The largest absolute Gasteiger partial charge is 0.366 e. The predicted molar refractivity (Wildman–Crippen MR) is 121 cm³/mol. The van der Waals surface area contributed by atoms with Gasteiger partial charge in [-0.1, -0.05) is 66.7 Å². The first-order valence-electron chi connectivity index (χ1n) is 10.4. The van der Waals surface area contributed by atoms with Crippen molar-refractivity contribution >= 4 is 17.4 Å². The molecule has 4 N–H and O–H groups in total. The molecule has 32 heavy (non-hydrogen) atoms. The minimum atomic E-state index is -1.64.